The fourth-order valence-electron chi connectivity index (χ4n) is 7.15. The fraction of sp³-hybridized carbons (Fsp3) is 0.654. The molecule has 0 radical (unpaired) electrons. The number of rotatable bonds is 6. The van der Waals surface area contributed by atoms with Crippen LogP contribution in [-0.4, -0.2) is 49.9 Å². The van der Waals surface area contributed by atoms with E-state index in [-0.39, 0.29) is 22.4 Å². The Labute approximate surface area is 212 Å². The molecule has 1 aromatic rings. The van der Waals surface area contributed by atoms with E-state index in [0.29, 0.717) is 49.6 Å². The number of hydrogen-bond acceptors (Lipinski definition) is 5. The maximum atomic E-state index is 12.8. The van der Waals surface area contributed by atoms with E-state index in [1.54, 1.807) is 12.1 Å². The predicted octanol–water partition coefficient (Wildman–Crippen LogP) is 3.15. The second-order valence-corrected chi connectivity index (χ2v) is 13.2. The number of nitrogens with one attached hydrogen (secondary N) is 3. The molecule has 1 heterocycles. The Kier molecular flexibility index (Phi) is 6.74. The van der Waals surface area contributed by atoms with Gasteiger partial charge in [-0.25, -0.2) is 22.7 Å². The molecule has 0 aromatic heterocycles. The van der Waals surface area contributed by atoms with E-state index in [2.05, 4.69) is 15.4 Å². The van der Waals surface area contributed by atoms with Crippen LogP contribution in [-0.2, 0) is 21.2 Å². The summed E-state index contributed by atoms with van der Waals surface area (Å²) in [5.41, 5.74) is 0.575. The first-order valence-electron chi connectivity index (χ1n) is 13.1. The summed E-state index contributed by atoms with van der Waals surface area (Å²) in [5.74, 6) is 2.09. The number of amides is 5. The van der Waals surface area contributed by atoms with Gasteiger partial charge in [0.05, 0.1) is 4.90 Å². The van der Waals surface area contributed by atoms with E-state index >= 15 is 0 Å². The summed E-state index contributed by atoms with van der Waals surface area (Å²) in [4.78, 5) is 38.3. The Morgan fingerprint density at radius 3 is 2.22 bits per heavy atom. The second-order valence-electron chi connectivity index (χ2n) is 11.5. The van der Waals surface area contributed by atoms with Gasteiger partial charge in [0.25, 0.3) is 10.0 Å². The van der Waals surface area contributed by atoms with Gasteiger partial charge in [0.2, 0.25) is 5.91 Å². The molecule has 1 saturated heterocycles. The van der Waals surface area contributed by atoms with E-state index < -0.39 is 16.1 Å². The van der Waals surface area contributed by atoms with Crippen LogP contribution in [0.1, 0.15) is 63.9 Å². The van der Waals surface area contributed by atoms with Gasteiger partial charge in [0, 0.05) is 25.0 Å². The molecule has 3 N–H and O–H groups in total. The average molecular weight is 517 g/mol. The van der Waals surface area contributed by atoms with Gasteiger partial charge in [-0.1, -0.05) is 19.1 Å². The predicted molar refractivity (Wildman–Crippen MR) is 133 cm³/mol. The smallest absolute Gasteiger partial charge is 0.329 e. The summed E-state index contributed by atoms with van der Waals surface area (Å²) in [5, 5.41) is 5.80. The van der Waals surface area contributed by atoms with Crippen molar-refractivity contribution in [2.45, 2.75) is 75.1 Å². The quantitative estimate of drug-likeness (QED) is 0.536. The molecule has 1 aromatic carbocycles. The number of piperidine rings is 1. The summed E-state index contributed by atoms with van der Waals surface area (Å²) in [7, 11) is -3.99. The third kappa shape index (κ3) is 5.38. The molecular weight excluding hydrogens is 480 g/mol. The number of carbonyl (C=O) groups excluding carboxylic acids is 3. The molecular formula is C26H36N4O5S. The first-order chi connectivity index (χ1) is 17.1. The molecule has 1 unspecified atom stereocenters. The van der Waals surface area contributed by atoms with Crippen LogP contribution in [0.25, 0.3) is 0 Å². The second kappa shape index (κ2) is 9.68. The van der Waals surface area contributed by atoms with Gasteiger partial charge in [0.1, 0.15) is 0 Å². The van der Waals surface area contributed by atoms with Crippen molar-refractivity contribution in [3.8, 4) is 0 Å². The van der Waals surface area contributed by atoms with Gasteiger partial charge in [0.15, 0.2) is 0 Å². The number of benzene rings is 1. The molecule has 1 aliphatic heterocycles. The van der Waals surface area contributed by atoms with Crippen LogP contribution < -0.4 is 15.4 Å². The van der Waals surface area contributed by atoms with Crippen LogP contribution in [0.15, 0.2) is 29.2 Å². The van der Waals surface area contributed by atoms with Crippen LogP contribution in [0, 0.1) is 23.7 Å². The Morgan fingerprint density at radius 2 is 1.64 bits per heavy atom. The van der Waals surface area contributed by atoms with Crippen molar-refractivity contribution in [2.75, 3.05) is 13.1 Å². The van der Waals surface area contributed by atoms with Crippen LogP contribution in [0.5, 0.6) is 0 Å². The molecule has 4 saturated carbocycles. The van der Waals surface area contributed by atoms with Gasteiger partial charge in [-0.05, 0) is 92.7 Å². The Balaban J connectivity index is 1.11. The molecule has 5 amide bonds. The SMILES string of the molecule is CC1CCN(C(=O)NCCc2ccc(S(=O)(=O)NC(=O)NC34CC5CC(CC(C5)C3)C4)cc2)C(=O)C1. The maximum absolute atomic E-state index is 12.8. The van der Waals surface area contributed by atoms with Crippen molar-refractivity contribution in [3.63, 3.8) is 0 Å². The van der Waals surface area contributed by atoms with Gasteiger partial charge in [-0.2, -0.15) is 0 Å². The molecule has 196 valence electrons. The minimum Gasteiger partial charge on any atom is -0.337 e. The van der Waals surface area contributed by atoms with E-state index in [0.717, 1.165) is 31.2 Å². The number of imide groups is 1. The number of hydrogen-bond donors (Lipinski definition) is 3. The summed E-state index contributed by atoms with van der Waals surface area (Å²) in [6.45, 7) is 2.76. The topological polar surface area (TPSA) is 125 Å². The summed E-state index contributed by atoms with van der Waals surface area (Å²) < 4.78 is 27.8. The lowest BCUT2D eigenvalue weighted by atomic mass is 9.53. The standard InChI is InChI=1S/C26H36N4O5S/c1-17-7-9-30(23(31)10-17)25(33)27-8-6-18-2-4-22(5-3-18)36(34,35)29-24(32)28-26-14-19-11-20(15-26)13-21(12-19)16-26/h2-5,17,19-21H,6-16H2,1H3,(H,27,33)(H2,28,29,32). The first-order valence-corrected chi connectivity index (χ1v) is 14.6. The lowest BCUT2D eigenvalue weighted by Crippen LogP contribution is -2.61. The lowest BCUT2D eigenvalue weighted by Gasteiger charge is -2.56. The maximum Gasteiger partial charge on any atom is 0.329 e. The number of nitrogens with zero attached hydrogens (tertiary/aromatic N) is 1. The lowest BCUT2D eigenvalue weighted by molar-refractivity contribution is -0.131. The summed E-state index contributed by atoms with van der Waals surface area (Å²) in [6.07, 6.45) is 8.26. The number of carbonyl (C=O) groups is 3. The van der Waals surface area contributed by atoms with Crippen molar-refractivity contribution in [1.82, 2.24) is 20.3 Å². The highest BCUT2D eigenvalue weighted by Crippen LogP contribution is 2.55. The minimum absolute atomic E-state index is 0.0176. The Hall–Kier alpha value is -2.62. The molecule has 9 nitrogen and oxygen atoms in total. The molecule has 36 heavy (non-hydrogen) atoms. The third-order valence-electron chi connectivity index (χ3n) is 8.48. The highest BCUT2D eigenvalue weighted by Gasteiger charge is 2.51. The minimum atomic E-state index is -3.99. The normalized spacial score (nSPS) is 31.2. The van der Waals surface area contributed by atoms with Crippen LogP contribution in [0.2, 0.25) is 0 Å². The highest BCUT2D eigenvalue weighted by atomic mass is 32.2. The zero-order chi connectivity index (χ0) is 25.5. The van der Waals surface area contributed by atoms with Gasteiger partial charge < -0.3 is 10.6 Å². The Morgan fingerprint density at radius 1 is 1.03 bits per heavy atom. The average Bonchev–Trinajstić information content (AvgIpc) is 2.77. The molecule has 10 heteroatoms. The Bertz CT molecular complexity index is 1100. The monoisotopic (exact) mass is 516 g/mol. The van der Waals surface area contributed by atoms with Crippen LogP contribution in [0.4, 0.5) is 9.59 Å². The molecule has 6 rings (SSSR count). The molecule has 5 aliphatic rings. The number of sulfonamides is 1. The number of urea groups is 2. The van der Waals surface area contributed by atoms with E-state index in [9.17, 15) is 22.8 Å². The van der Waals surface area contributed by atoms with Crippen molar-refractivity contribution in [2.24, 2.45) is 23.7 Å². The van der Waals surface area contributed by atoms with Crippen molar-refractivity contribution < 1.29 is 22.8 Å². The molecule has 4 aliphatic carbocycles. The molecule has 1 atom stereocenters. The third-order valence-corrected chi connectivity index (χ3v) is 9.83. The first kappa shape index (κ1) is 25.0. The van der Waals surface area contributed by atoms with Gasteiger partial charge in [-0.15, -0.1) is 0 Å². The largest absolute Gasteiger partial charge is 0.337 e. The zero-order valence-electron chi connectivity index (χ0n) is 20.8. The zero-order valence-corrected chi connectivity index (χ0v) is 21.6. The van der Waals surface area contributed by atoms with Crippen LogP contribution >= 0.6 is 0 Å². The molecule has 5 fully saturated rings. The molecule has 0 spiro atoms. The fourth-order valence-corrected chi connectivity index (χ4v) is 8.06. The van der Waals surface area contributed by atoms with Gasteiger partial charge >= 0.3 is 12.1 Å². The van der Waals surface area contributed by atoms with Crippen molar-refractivity contribution in [3.05, 3.63) is 29.8 Å². The van der Waals surface area contributed by atoms with E-state index in [4.69, 9.17) is 0 Å². The molecule has 4 bridgehead atoms. The van der Waals surface area contributed by atoms with Crippen LogP contribution in [0.3, 0.4) is 0 Å². The summed E-state index contributed by atoms with van der Waals surface area (Å²) in [6, 6.07) is 5.24. The van der Waals surface area contributed by atoms with E-state index in [1.165, 1.54) is 36.3 Å². The van der Waals surface area contributed by atoms with Crippen molar-refractivity contribution >= 4 is 28.0 Å². The van der Waals surface area contributed by atoms with Gasteiger partial charge in [-0.3, -0.25) is 9.69 Å². The highest BCUT2D eigenvalue weighted by molar-refractivity contribution is 7.90. The van der Waals surface area contributed by atoms with Crippen molar-refractivity contribution in [1.29, 1.82) is 0 Å². The number of likely N-dealkylation sites (tertiary alicyclic amines) is 1. The van der Waals surface area contributed by atoms with E-state index in [1.807, 2.05) is 6.92 Å². The summed E-state index contributed by atoms with van der Waals surface area (Å²) >= 11 is 0.